The third kappa shape index (κ3) is 4.08. The average Bonchev–Trinajstić information content (AvgIpc) is 3.13. The van der Waals surface area contributed by atoms with Crippen LogP contribution in [0.2, 0.25) is 0 Å². The van der Waals surface area contributed by atoms with Crippen LogP contribution in [0.5, 0.6) is 0 Å². The van der Waals surface area contributed by atoms with Gasteiger partial charge in [0, 0.05) is 31.6 Å². The summed E-state index contributed by atoms with van der Waals surface area (Å²) in [6.07, 6.45) is 0. The smallest absolute Gasteiger partial charge is 0.246 e. The highest BCUT2D eigenvalue weighted by atomic mass is 32.2. The number of benzene rings is 1. The predicted molar refractivity (Wildman–Crippen MR) is 98.1 cm³/mol. The second-order valence-electron chi connectivity index (χ2n) is 7.90. The zero-order valence-electron chi connectivity index (χ0n) is 16.3. The molecule has 2 heterocycles. The molecule has 1 aliphatic heterocycles. The molecule has 0 N–H and O–H groups in total. The highest BCUT2D eigenvalue weighted by molar-refractivity contribution is 7.89. The standard InChI is InChI=1S/C18H24F2N4O3S/c1-12(16-21-17(22-27-16)18(2,3)4)23-7-9-24(10-8-23)28(25,26)15-11-13(19)5-6-14(15)20/h5-6,11-12H,7-10H2,1-4H3. The first-order valence-corrected chi connectivity index (χ1v) is 10.5. The molecule has 1 saturated heterocycles. The summed E-state index contributed by atoms with van der Waals surface area (Å²) in [5.74, 6) is -0.675. The van der Waals surface area contributed by atoms with E-state index in [1.165, 1.54) is 4.31 Å². The summed E-state index contributed by atoms with van der Waals surface area (Å²) in [6, 6.07) is 2.25. The van der Waals surface area contributed by atoms with E-state index >= 15 is 0 Å². The minimum Gasteiger partial charge on any atom is -0.338 e. The first kappa shape index (κ1) is 20.8. The predicted octanol–water partition coefficient (Wildman–Crippen LogP) is 2.71. The van der Waals surface area contributed by atoms with Crippen molar-refractivity contribution >= 4 is 10.0 Å². The van der Waals surface area contributed by atoms with Gasteiger partial charge in [-0.25, -0.2) is 17.2 Å². The average molecular weight is 414 g/mol. The van der Waals surface area contributed by atoms with Crippen molar-refractivity contribution in [2.24, 2.45) is 0 Å². The van der Waals surface area contributed by atoms with Gasteiger partial charge in [-0.15, -0.1) is 0 Å². The molecule has 10 heteroatoms. The van der Waals surface area contributed by atoms with Gasteiger partial charge in [0.15, 0.2) is 5.82 Å². The lowest BCUT2D eigenvalue weighted by Crippen LogP contribution is -2.49. The van der Waals surface area contributed by atoms with Gasteiger partial charge in [-0.3, -0.25) is 4.90 Å². The van der Waals surface area contributed by atoms with Crippen molar-refractivity contribution in [2.75, 3.05) is 26.2 Å². The molecule has 2 aromatic rings. The fraction of sp³-hybridized carbons (Fsp3) is 0.556. The van der Waals surface area contributed by atoms with Crippen LogP contribution in [0.4, 0.5) is 8.78 Å². The van der Waals surface area contributed by atoms with E-state index in [0.29, 0.717) is 30.9 Å². The summed E-state index contributed by atoms with van der Waals surface area (Å²) in [6.45, 7) is 9.00. The molecule has 1 aromatic heterocycles. The molecular weight excluding hydrogens is 390 g/mol. The molecule has 0 amide bonds. The Morgan fingerprint density at radius 2 is 1.79 bits per heavy atom. The third-order valence-electron chi connectivity index (χ3n) is 4.80. The van der Waals surface area contributed by atoms with E-state index < -0.39 is 26.6 Å². The molecule has 154 valence electrons. The van der Waals surface area contributed by atoms with Crippen LogP contribution in [0, 0.1) is 11.6 Å². The van der Waals surface area contributed by atoms with Gasteiger partial charge in [0.1, 0.15) is 16.5 Å². The van der Waals surface area contributed by atoms with Gasteiger partial charge in [0.25, 0.3) is 0 Å². The molecule has 1 fully saturated rings. The molecular formula is C18H24F2N4O3S. The highest BCUT2D eigenvalue weighted by Crippen LogP contribution is 2.26. The van der Waals surface area contributed by atoms with Crippen molar-refractivity contribution in [3.05, 3.63) is 41.5 Å². The van der Waals surface area contributed by atoms with Crippen LogP contribution in [0.25, 0.3) is 0 Å². The Morgan fingerprint density at radius 3 is 2.36 bits per heavy atom. The van der Waals surface area contributed by atoms with Crippen LogP contribution >= 0.6 is 0 Å². The second kappa shape index (κ2) is 7.49. The number of sulfonamides is 1. The first-order valence-electron chi connectivity index (χ1n) is 9.03. The minimum atomic E-state index is -4.10. The highest BCUT2D eigenvalue weighted by Gasteiger charge is 2.34. The zero-order chi connectivity index (χ0) is 20.7. The SMILES string of the molecule is CC(c1nc(C(C)(C)C)no1)N1CCN(S(=O)(=O)c2cc(F)ccc2F)CC1. The monoisotopic (exact) mass is 414 g/mol. The summed E-state index contributed by atoms with van der Waals surface area (Å²) < 4.78 is 59.2. The zero-order valence-corrected chi connectivity index (χ0v) is 17.1. The largest absolute Gasteiger partial charge is 0.338 e. The van der Waals surface area contributed by atoms with E-state index in [0.717, 1.165) is 12.1 Å². The Balaban J connectivity index is 1.70. The second-order valence-corrected chi connectivity index (χ2v) is 9.80. The molecule has 7 nitrogen and oxygen atoms in total. The van der Waals surface area contributed by atoms with Crippen LogP contribution < -0.4 is 0 Å². The van der Waals surface area contributed by atoms with Gasteiger partial charge in [0.05, 0.1) is 6.04 Å². The summed E-state index contributed by atoms with van der Waals surface area (Å²) >= 11 is 0. The van der Waals surface area contributed by atoms with Crippen molar-refractivity contribution in [2.45, 2.75) is 44.0 Å². The van der Waals surface area contributed by atoms with Gasteiger partial charge in [-0.1, -0.05) is 25.9 Å². The molecule has 1 aromatic carbocycles. The summed E-state index contributed by atoms with van der Waals surface area (Å²) in [4.78, 5) is 5.83. The van der Waals surface area contributed by atoms with Crippen LogP contribution in [0.3, 0.4) is 0 Å². The molecule has 28 heavy (non-hydrogen) atoms. The summed E-state index contributed by atoms with van der Waals surface area (Å²) in [7, 11) is -4.10. The van der Waals surface area contributed by atoms with E-state index in [2.05, 4.69) is 10.1 Å². The maximum atomic E-state index is 13.9. The maximum Gasteiger partial charge on any atom is 0.246 e. The lowest BCUT2D eigenvalue weighted by Gasteiger charge is -2.36. The molecule has 0 bridgehead atoms. The van der Waals surface area contributed by atoms with Crippen molar-refractivity contribution in [1.29, 1.82) is 0 Å². The van der Waals surface area contributed by atoms with E-state index in [1.807, 2.05) is 32.6 Å². The number of aromatic nitrogens is 2. The number of rotatable bonds is 4. The van der Waals surface area contributed by atoms with Crippen molar-refractivity contribution in [3.63, 3.8) is 0 Å². The Morgan fingerprint density at radius 1 is 1.14 bits per heavy atom. The van der Waals surface area contributed by atoms with E-state index in [1.54, 1.807) is 0 Å². The Labute approximate surface area is 163 Å². The quantitative estimate of drug-likeness (QED) is 0.765. The number of piperazine rings is 1. The fourth-order valence-corrected chi connectivity index (χ4v) is 4.51. The number of halogens is 2. The molecule has 1 atom stereocenters. The van der Waals surface area contributed by atoms with E-state index in [9.17, 15) is 17.2 Å². The fourth-order valence-electron chi connectivity index (χ4n) is 3.01. The Kier molecular flexibility index (Phi) is 5.57. The lowest BCUT2D eigenvalue weighted by molar-refractivity contribution is 0.124. The van der Waals surface area contributed by atoms with Crippen molar-refractivity contribution in [3.8, 4) is 0 Å². The number of hydrogen-bond acceptors (Lipinski definition) is 6. The van der Waals surface area contributed by atoms with Gasteiger partial charge >= 0.3 is 0 Å². The Bertz CT molecular complexity index is 948. The van der Waals surface area contributed by atoms with E-state index in [-0.39, 0.29) is 24.5 Å². The molecule has 0 spiro atoms. The van der Waals surface area contributed by atoms with Gasteiger partial charge < -0.3 is 4.52 Å². The lowest BCUT2D eigenvalue weighted by atomic mass is 9.96. The summed E-state index contributed by atoms with van der Waals surface area (Å²) in [5.41, 5.74) is -0.233. The molecule has 1 unspecified atom stereocenters. The topological polar surface area (TPSA) is 79.5 Å². The van der Waals surface area contributed by atoms with E-state index in [4.69, 9.17) is 4.52 Å². The first-order chi connectivity index (χ1) is 13.0. The molecule has 0 saturated carbocycles. The maximum absolute atomic E-state index is 13.9. The molecule has 0 aliphatic carbocycles. The summed E-state index contributed by atoms with van der Waals surface area (Å²) in [5, 5.41) is 4.02. The van der Waals surface area contributed by atoms with Gasteiger partial charge in [-0.05, 0) is 25.1 Å². The normalized spacial score (nSPS) is 18.4. The Hall–Kier alpha value is -1.91. The van der Waals surface area contributed by atoms with Crippen LogP contribution in [0.1, 0.15) is 45.5 Å². The molecule has 0 radical (unpaired) electrons. The van der Waals surface area contributed by atoms with Crippen molar-refractivity contribution < 1.29 is 21.7 Å². The van der Waals surface area contributed by atoms with Crippen LogP contribution in [0.15, 0.2) is 27.6 Å². The minimum absolute atomic E-state index is 0.156. The van der Waals surface area contributed by atoms with Crippen LogP contribution in [-0.4, -0.2) is 53.9 Å². The molecule has 3 rings (SSSR count). The van der Waals surface area contributed by atoms with Crippen molar-refractivity contribution in [1.82, 2.24) is 19.3 Å². The molecule has 1 aliphatic rings. The number of hydrogen-bond donors (Lipinski definition) is 0. The third-order valence-corrected chi connectivity index (χ3v) is 6.72. The van der Waals surface area contributed by atoms with Gasteiger partial charge in [-0.2, -0.15) is 9.29 Å². The van der Waals surface area contributed by atoms with Crippen LogP contribution in [-0.2, 0) is 15.4 Å². The number of nitrogens with zero attached hydrogens (tertiary/aromatic N) is 4. The van der Waals surface area contributed by atoms with Gasteiger partial charge in [0.2, 0.25) is 15.9 Å².